The molecule has 0 atom stereocenters. The predicted octanol–water partition coefficient (Wildman–Crippen LogP) is 3.67. The van der Waals surface area contributed by atoms with E-state index in [2.05, 4.69) is 25.2 Å². The molecular formula is C16H21NO2. The topological polar surface area (TPSA) is 34.4 Å². The van der Waals surface area contributed by atoms with Crippen molar-refractivity contribution in [1.82, 2.24) is 5.32 Å². The summed E-state index contributed by atoms with van der Waals surface area (Å²) in [7, 11) is 0. The smallest absolute Gasteiger partial charge is 0.146 e. The minimum absolute atomic E-state index is 0.469. The first-order valence-electron chi connectivity index (χ1n) is 6.74. The summed E-state index contributed by atoms with van der Waals surface area (Å²) in [5.41, 5.74) is 2.36. The molecule has 3 nitrogen and oxygen atoms in total. The fourth-order valence-electron chi connectivity index (χ4n) is 1.86. The lowest BCUT2D eigenvalue weighted by Crippen LogP contribution is -2.13. The molecule has 1 aromatic heterocycles. The van der Waals surface area contributed by atoms with Crippen LogP contribution in [-0.4, -0.2) is 6.54 Å². The van der Waals surface area contributed by atoms with Crippen LogP contribution in [0.4, 0.5) is 0 Å². The van der Waals surface area contributed by atoms with Gasteiger partial charge in [-0.15, -0.1) is 0 Å². The van der Waals surface area contributed by atoms with Gasteiger partial charge in [0.15, 0.2) is 0 Å². The molecule has 102 valence electrons. The minimum atomic E-state index is 0.469. The second-order valence-corrected chi connectivity index (χ2v) is 4.70. The van der Waals surface area contributed by atoms with Gasteiger partial charge in [-0.2, -0.15) is 0 Å². The molecule has 0 spiro atoms. The van der Waals surface area contributed by atoms with Crippen molar-refractivity contribution >= 4 is 0 Å². The molecule has 0 unspecified atom stereocenters. The van der Waals surface area contributed by atoms with Gasteiger partial charge in [0.1, 0.15) is 18.1 Å². The number of ether oxygens (including phenoxy) is 1. The van der Waals surface area contributed by atoms with E-state index < -0.39 is 0 Å². The van der Waals surface area contributed by atoms with Gasteiger partial charge in [-0.3, -0.25) is 0 Å². The molecule has 0 radical (unpaired) electrons. The van der Waals surface area contributed by atoms with E-state index in [1.807, 2.05) is 24.3 Å². The summed E-state index contributed by atoms with van der Waals surface area (Å²) in [5.74, 6) is 1.73. The van der Waals surface area contributed by atoms with Gasteiger partial charge < -0.3 is 14.5 Å². The standard InChI is InChI=1S/C16H21NO2/c1-3-7-17-10-14-9-16(18-11-14)12-19-15-6-4-5-13(2)8-15/h4-6,8-9,11,17H,3,7,10,12H2,1-2H3. The molecular weight excluding hydrogens is 238 g/mol. The summed E-state index contributed by atoms with van der Waals surface area (Å²) in [6.07, 6.45) is 2.93. The highest BCUT2D eigenvalue weighted by molar-refractivity contribution is 5.27. The van der Waals surface area contributed by atoms with Crippen LogP contribution in [0.3, 0.4) is 0 Å². The zero-order valence-corrected chi connectivity index (χ0v) is 11.6. The second-order valence-electron chi connectivity index (χ2n) is 4.70. The number of hydrogen-bond acceptors (Lipinski definition) is 3. The first-order chi connectivity index (χ1) is 9.28. The van der Waals surface area contributed by atoms with Crippen molar-refractivity contribution in [3.8, 4) is 5.75 Å². The Morgan fingerprint density at radius 1 is 1.26 bits per heavy atom. The van der Waals surface area contributed by atoms with Crippen LogP contribution in [0.15, 0.2) is 41.0 Å². The van der Waals surface area contributed by atoms with E-state index in [1.165, 1.54) is 5.56 Å². The fraction of sp³-hybridized carbons (Fsp3) is 0.375. The zero-order chi connectivity index (χ0) is 13.5. The third-order valence-corrected chi connectivity index (χ3v) is 2.83. The highest BCUT2D eigenvalue weighted by Crippen LogP contribution is 2.15. The van der Waals surface area contributed by atoms with E-state index >= 15 is 0 Å². The lowest BCUT2D eigenvalue weighted by Gasteiger charge is -2.04. The first-order valence-corrected chi connectivity index (χ1v) is 6.74. The Morgan fingerprint density at radius 3 is 2.95 bits per heavy atom. The van der Waals surface area contributed by atoms with Crippen LogP contribution in [0.2, 0.25) is 0 Å². The van der Waals surface area contributed by atoms with Gasteiger partial charge in [0.05, 0.1) is 6.26 Å². The number of benzene rings is 1. The third-order valence-electron chi connectivity index (χ3n) is 2.83. The van der Waals surface area contributed by atoms with E-state index in [4.69, 9.17) is 9.15 Å². The second kappa shape index (κ2) is 7.00. The molecule has 0 amide bonds. The maximum Gasteiger partial charge on any atom is 0.146 e. The van der Waals surface area contributed by atoms with Gasteiger partial charge in [0.2, 0.25) is 0 Å². The molecule has 0 aliphatic rings. The Labute approximate surface area is 114 Å². The maximum atomic E-state index is 5.70. The molecule has 0 aliphatic heterocycles. The largest absolute Gasteiger partial charge is 0.486 e. The SMILES string of the molecule is CCCNCc1coc(COc2cccc(C)c2)c1. The summed E-state index contributed by atoms with van der Waals surface area (Å²) in [5, 5.41) is 3.35. The van der Waals surface area contributed by atoms with Crippen LogP contribution in [0.5, 0.6) is 5.75 Å². The average molecular weight is 259 g/mol. The molecule has 1 aromatic carbocycles. The molecule has 2 rings (SSSR count). The minimum Gasteiger partial charge on any atom is -0.486 e. The van der Waals surface area contributed by atoms with E-state index in [0.717, 1.165) is 36.6 Å². The Balaban J connectivity index is 1.83. The molecule has 2 aromatic rings. The molecule has 0 saturated carbocycles. The number of furan rings is 1. The highest BCUT2D eigenvalue weighted by Gasteiger charge is 2.03. The Kier molecular flexibility index (Phi) is 5.04. The summed E-state index contributed by atoms with van der Waals surface area (Å²) < 4.78 is 11.2. The van der Waals surface area contributed by atoms with Crippen LogP contribution in [-0.2, 0) is 13.2 Å². The number of aryl methyl sites for hydroxylation is 1. The molecule has 1 heterocycles. The normalized spacial score (nSPS) is 10.6. The Hall–Kier alpha value is -1.74. The molecule has 0 saturated heterocycles. The van der Waals surface area contributed by atoms with Crippen molar-refractivity contribution in [3.05, 3.63) is 53.5 Å². The van der Waals surface area contributed by atoms with Gasteiger partial charge in [-0.1, -0.05) is 19.1 Å². The average Bonchev–Trinajstić information content (AvgIpc) is 2.85. The van der Waals surface area contributed by atoms with Crippen molar-refractivity contribution in [2.45, 2.75) is 33.4 Å². The zero-order valence-electron chi connectivity index (χ0n) is 11.6. The van der Waals surface area contributed by atoms with Crippen LogP contribution in [0.1, 0.15) is 30.2 Å². The molecule has 0 bridgehead atoms. The van der Waals surface area contributed by atoms with E-state index in [9.17, 15) is 0 Å². The molecule has 0 aliphatic carbocycles. The number of hydrogen-bond donors (Lipinski definition) is 1. The predicted molar refractivity (Wildman–Crippen MR) is 76.2 cm³/mol. The fourth-order valence-corrected chi connectivity index (χ4v) is 1.86. The van der Waals surface area contributed by atoms with Gasteiger partial charge >= 0.3 is 0 Å². The first kappa shape index (κ1) is 13.7. The maximum absolute atomic E-state index is 5.70. The van der Waals surface area contributed by atoms with Crippen molar-refractivity contribution in [2.24, 2.45) is 0 Å². The quantitative estimate of drug-likeness (QED) is 0.770. The van der Waals surface area contributed by atoms with Gasteiger partial charge in [-0.25, -0.2) is 0 Å². The lowest BCUT2D eigenvalue weighted by atomic mass is 10.2. The van der Waals surface area contributed by atoms with Crippen molar-refractivity contribution in [2.75, 3.05) is 6.54 Å². The van der Waals surface area contributed by atoms with Crippen LogP contribution in [0, 0.1) is 6.92 Å². The van der Waals surface area contributed by atoms with E-state index in [-0.39, 0.29) is 0 Å². The molecule has 3 heteroatoms. The monoisotopic (exact) mass is 259 g/mol. The van der Waals surface area contributed by atoms with Gasteiger partial charge in [0.25, 0.3) is 0 Å². The van der Waals surface area contributed by atoms with E-state index in [1.54, 1.807) is 6.26 Å². The summed E-state index contributed by atoms with van der Waals surface area (Å²) >= 11 is 0. The van der Waals surface area contributed by atoms with Crippen molar-refractivity contribution in [3.63, 3.8) is 0 Å². The molecule has 19 heavy (non-hydrogen) atoms. The number of nitrogens with one attached hydrogen (secondary N) is 1. The summed E-state index contributed by atoms with van der Waals surface area (Å²) in [6, 6.07) is 10.1. The van der Waals surface area contributed by atoms with Gasteiger partial charge in [0, 0.05) is 12.1 Å². The Morgan fingerprint density at radius 2 is 2.16 bits per heavy atom. The highest BCUT2D eigenvalue weighted by atomic mass is 16.5. The van der Waals surface area contributed by atoms with Crippen molar-refractivity contribution < 1.29 is 9.15 Å². The summed E-state index contributed by atoms with van der Waals surface area (Å²) in [6.45, 7) is 6.56. The van der Waals surface area contributed by atoms with Crippen LogP contribution >= 0.6 is 0 Å². The van der Waals surface area contributed by atoms with Gasteiger partial charge in [-0.05, 0) is 43.7 Å². The summed E-state index contributed by atoms with van der Waals surface area (Å²) in [4.78, 5) is 0. The van der Waals surface area contributed by atoms with Crippen LogP contribution in [0.25, 0.3) is 0 Å². The third kappa shape index (κ3) is 4.45. The lowest BCUT2D eigenvalue weighted by molar-refractivity contribution is 0.270. The Bertz CT molecular complexity index is 505. The number of rotatable bonds is 7. The van der Waals surface area contributed by atoms with Crippen LogP contribution < -0.4 is 10.1 Å². The van der Waals surface area contributed by atoms with E-state index in [0.29, 0.717) is 6.61 Å². The molecule has 1 N–H and O–H groups in total. The van der Waals surface area contributed by atoms with Crippen molar-refractivity contribution in [1.29, 1.82) is 0 Å². The molecule has 0 fully saturated rings.